The van der Waals surface area contributed by atoms with Gasteiger partial charge >= 0.3 is 0 Å². The second-order valence-corrected chi connectivity index (χ2v) is 10.1. The Kier molecular flexibility index (Phi) is 12.1. The molecule has 0 unspecified atom stereocenters. The van der Waals surface area contributed by atoms with Gasteiger partial charge in [0.2, 0.25) is 0 Å². The maximum Gasteiger partial charge on any atom is 0.176 e. The maximum atomic E-state index is 9.97. The summed E-state index contributed by atoms with van der Waals surface area (Å²) in [6, 6.07) is 34.7. The number of allylic oxidation sites excluding steroid dienone is 2. The smallest absolute Gasteiger partial charge is 0.176 e. The third-order valence-corrected chi connectivity index (χ3v) is 7.30. The Balaban J connectivity index is 1.69. The van der Waals surface area contributed by atoms with Crippen LogP contribution in [-0.4, -0.2) is 38.6 Å². The minimum absolute atomic E-state index is 0.123. The molecule has 0 aliphatic carbocycles. The molecule has 4 rings (SSSR count). The number of rotatable bonds is 14. The van der Waals surface area contributed by atoms with E-state index in [1.54, 1.807) is 0 Å². The first-order chi connectivity index (χ1) is 22.5. The number of anilines is 2. The number of aliphatic imine (C=N–C) groups is 2. The molecule has 4 aromatic rings. The summed E-state index contributed by atoms with van der Waals surface area (Å²) in [7, 11) is 0. The molecule has 232 valence electrons. The van der Waals surface area contributed by atoms with Crippen molar-refractivity contribution in [2.24, 2.45) is 9.98 Å². The zero-order chi connectivity index (χ0) is 32.7. The van der Waals surface area contributed by atoms with Crippen LogP contribution >= 0.6 is 0 Å². The first-order valence-electron chi connectivity index (χ1n) is 15.4. The average Bonchev–Trinajstić information content (AvgIpc) is 3.09. The average molecular weight is 611 g/mol. The molecule has 0 saturated heterocycles. The van der Waals surface area contributed by atoms with Crippen molar-refractivity contribution in [3.05, 3.63) is 120 Å². The summed E-state index contributed by atoms with van der Waals surface area (Å²) in [6.45, 7) is 11.8. The highest BCUT2D eigenvalue weighted by molar-refractivity contribution is 5.87. The molecule has 0 atom stereocenters. The lowest BCUT2D eigenvalue weighted by Gasteiger charge is -2.22. The molecule has 0 bridgehead atoms. The normalized spacial score (nSPS) is 11.5. The number of hydrogen-bond donors (Lipinski definition) is 0. The van der Waals surface area contributed by atoms with Gasteiger partial charge in [-0.1, -0.05) is 36.4 Å². The van der Waals surface area contributed by atoms with Crippen LogP contribution in [-0.2, 0) is 0 Å². The quantitative estimate of drug-likeness (QED) is 0.105. The van der Waals surface area contributed by atoms with Gasteiger partial charge in [0.25, 0.3) is 0 Å². The Bertz CT molecular complexity index is 1630. The van der Waals surface area contributed by atoms with Crippen molar-refractivity contribution in [2.45, 2.75) is 27.7 Å². The Hall–Kier alpha value is -5.86. The van der Waals surface area contributed by atoms with Gasteiger partial charge in [0, 0.05) is 73.2 Å². The van der Waals surface area contributed by atoms with Crippen molar-refractivity contribution < 1.29 is 9.47 Å². The Labute approximate surface area is 271 Å². The predicted octanol–water partition coefficient (Wildman–Crippen LogP) is 8.76. The summed E-state index contributed by atoms with van der Waals surface area (Å²) in [6.07, 6.45) is 3.05. The molecular formula is C38H38N6O2. The van der Waals surface area contributed by atoms with Crippen molar-refractivity contribution >= 4 is 23.8 Å². The summed E-state index contributed by atoms with van der Waals surface area (Å²) in [4.78, 5) is 13.2. The predicted molar refractivity (Wildman–Crippen MR) is 186 cm³/mol. The van der Waals surface area contributed by atoms with Crippen LogP contribution < -0.4 is 19.3 Å². The van der Waals surface area contributed by atoms with Crippen molar-refractivity contribution in [3.8, 4) is 35.1 Å². The molecule has 4 aromatic carbocycles. The highest BCUT2D eigenvalue weighted by Crippen LogP contribution is 2.31. The van der Waals surface area contributed by atoms with Crippen LogP contribution in [0.1, 0.15) is 38.8 Å². The van der Waals surface area contributed by atoms with Crippen molar-refractivity contribution in [3.63, 3.8) is 0 Å². The molecular weight excluding hydrogens is 572 g/mol. The molecule has 0 N–H and O–H groups in total. The number of para-hydroxylation sites is 2. The van der Waals surface area contributed by atoms with E-state index in [9.17, 15) is 10.5 Å². The number of nitriles is 2. The van der Waals surface area contributed by atoms with Gasteiger partial charge in [0.05, 0.1) is 0 Å². The van der Waals surface area contributed by atoms with E-state index in [1.807, 2.05) is 109 Å². The Morgan fingerprint density at radius 1 is 0.587 bits per heavy atom. The van der Waals surface area contributed by atoms with Crippen LogP contribution in [0, 0.1) is 22.7 Å². The minimum Gasteiger partial charge on any atom is -0.457 e. The largest absolute Gasteiger partial charge is 0.457 e. The van der Waals surface area contributed by atoms with Gasteiger partial charge in [0.1, 0.15) is 35.1 Å². The van der Waals surface area contributed by atoms with Gasteiger partial charge in [-0.25, -0.2) is 9.98 Å². The van der Waals surface area contributed by atoms with E-state index in [2.05, 4.69) is 47.5 Å². The van der Waals surface area contributed by atoms with Crippen LogP contribution in [0.4, 0.5) is 11.4 Å². The molecule has 46 heavy (non-hydrogen) atoms. The Morgan fingerprint density at radius 3 is 1.28 bits per heavy atom. The molecule has 8 heteroatoms. The fraction of sp³-hybridized carbons (Fsp3) is 0.211. The van der Waals surface area contributed by atoms with E-state index in [0.717, 1.165) is 37.6 Å². The van der Waals surface area contributed by atoms with E-state index in [1.165, 1.54) is 12.4 Å². The third-order valence-electron chi connectivity index (χ3n) is 7.30. The zero-order valence-corrected chi connectivity index (χ0v) is 26.7. The highest BCUT2D eigenvalue weighted by atomic mass is 16.5. The monoisotopic (exact) mass is 610 g/mol. The van der Waals surface area contributed by atoms with Crippen LogP contribution in [0.15, 0.2) is 118 Å². The number of benzene rings is 4. The van der Waals surface area contributed by atoms with Gasteiger partial charge in [0.15, 0.2) is 11.4 Å². The maximum absolute atomic E-state index is 9.97. The van der Waals surface area contributed by atoms with Gasteiger partial charge in [-0.3, -0.25) is 0 Å². The molecule has 0 aromatic heterocycles. The third kappa shape index (κ3) is 8.62. The molecule has 0 heterocycles. The lowest BCUT2D eigenvalue weighted by atomic mass is 10.1. The second kappa shape index (κ2) is 16.8. The summed E-state index contributed by atoms with van der Waals surface area (Å²) in [5, 5.41) is 19.9. The molecule has 0 aliphatic heterocycles. The van der Waals surface area contributed by atoms with E-state index >= 15 is 0 Å². The second-order valence-electron chi connectivity index (χ2n) is 10.1. The molecule has 0 aliphatic rings. The summed E-state index contributed by atoms with van der Waals surface area (Å²) in [5.41, 5.74) is 3.07. The van der Waals surface area contributed by atoms with Crippen molar-refractivity contribution in [1.29, 1.82) is 10.5 Å². The molecule has 8 nitrogen and oxygen atoms in total. The van der Waals surface area contributed by atoms with Gasteiger partial charge < -0.3 is 19.3 Å². The lowest BCUT2D eigenvalue weighted by molar-refractivity contribution is 0.481. The van der Waals surface area contributed by atoms with Crippen LogP contribution in [0.2, 0.25) is 0 Å². The topological polar surface area (TPSA) is 97.2 Å². The van der Waals surface area contributed by atoms with Gasteiger partial charge in [-0.05, 0) is 76.2 Å². The highest BCUT2D eigenvalue weighted by Gasteiger charge is 2.12. The molecule has 0 spiro atoms. The number of nitrogens with zero attached hydrogens (tertiary/aromatic N) is 6. The van der Waals surface area contributed by atoms with E-state index in [4.69, 9.17) is 9.47 Å². The molecule has 0 fully saturated rings. The van der Waals surface area contributed by atoms with Crippen molar-refractivity contribution in [2.75, 3.05) is 36.0 Å². The van der Waals surface area contributed by atoms with Crippen LogP contribution in [0.5, 0.6) is 23.0 Å². The zero-order valence-electron chi connectivity index (χ0n) is 26.7. The number of hydrogen-bond acceptors (Lipinski definition) is 8. The van der Waals surface area contributed by atoms with Crippen molar-refractivity contribution in [1.82, 2.24) is 0 Å². The fourth-order valence-electron chi connectivity index (χ4n) is 4.79. The molecule has 0 radical (unpaired) electrons. The lowest BCUT2D eigenvalue weighted by Crippen LogP contribution is -2.21. The summed E-state index contributed by atoms with van der Waals surface area (Å²) >= 11 is 0. The van der Waals surface area contributed by atoms with Crippen LogP contribution in [0.25, 0.3) is 0 Å². The SMILES string of the molecule is CCN(CC)c1ccc(C=N/C(C#N)=C(\C#N)N=Cc2ccc(N(CC)CC)cc2Oc2ccccc2)c(Oc2ccccc2)c1. The fourth-order valence-corrected chi connectivity index (χ4v) is 4.79. The van der Waals surface area contributed by atoms with Gasteiger partial charge in [-0.15, -0.1) is 0 Å². The van der Waals surface area contributed by atoms with Crippen LogP contribution in [0.3, 0.4) is 0 Å². The Morgan fingerprint density at radius 2 is 0.957 bits per heavy atom. The van der Waals surface area contributed by atoms with Gasteiger partial charge in [-0.2, -0.15) is 10.5 Å². The van der Waals surface area contributed by atoms with E-state index in [0.29, 0.717) is 34.1 Å². The molecule has 0 saturated carbocycles. The standard InChI is InChI=1S/C38H38N6O2/c1-5-43(6-2)31-21-19-29(37(23-31)45-33-15-11-9-12-16-33)27-41-35(25-39)36(26-40)42-28-30-20-22-32(44(7-3)8-4)24-38(30)46-34-17-13-10-14-18-34/h9-24,27-28H,5-8H2,1-4H3/b36-35+,41-27?,42-28?. The first-order valence-corrected chi connectivity index (χ1v) is 15.4. The summed E-state index contributed by atoms with van der Waals surface area (Å²) < 4.78 is 12.4. The molecule has 0 amide bonds. The van der Waals surface area contributed by atoms with E-state index in [-0.39, 0.29) is 11.4 Å². The first kappa shape index (κ1) is 33.0. The minimum atomic E-state index is -0.123. The summed E-state index contributed by atoms with van der Waals surface area (Å²) in [5.74, 6) is 2.50. The van der Waals surface area contributed by atoms with E-state index < -0.39 is 0 Å². The number of ether oxygens (including phenoxy) is 2.